The molecule has 0 unspecified atom stereocenters. The van der Waals surface area contributed by atoms with Gasteiger partial charge in [0.15, 0.2) is 6.10 Å². The van der Waals surface area contributed by atoms with Crippen molar-refractivity contribution in [1.29, 1.82) is 0 Å². The van der Waals surface area contributed by atoms with Gasteiger partial charge in [0.1, 0.15) is 18.3 Å². The zero-order chi connectivity index (χ0) is 11.0. The summed E-state index contributed by atoms with van der Waals surface area (Å²) in [7, 11) is 0. The van der Waals surface area contributed by atoms with Crippen molar-refractivity contribution in [2.24, 2.45) is 0 Å². The van der Waals surface area contributed by atoms with Crippen molar-refractivity contribution in [2.75, 3.05) is 6.61 Å². The Morgan fingerprint density at radius 1 is 1.33 bits per heavy atom. The molecule has 1 saturated carbocycles. The van der Waals surface area contributed by atoms with Gasteiger partial charge in [0.25, 0.3) is 5.91 Å². The van der Waals surface area contributed by atoms with Crippen molar-refractivity contribution < 1.29 is 24.9 Å². The molecule has 1 saturated heterocycles. The molecule has 0 radical (unpaired) electrons. The summed E-state index contributed by atoms with van der Waals surface area (Å²) >= 11 is 0. The number of ether oxygens (including phenoxy) is 1. The fourth-order valence-electron chi connectivity index (χ4n) is 1.63. The average molecular weight is 217 g/mol. The second kappa shape index (κ2) is 4.05. The molecule has 0 spiro atoms. The van der Waals surface area contributed by atoms with Gasteiger partial charge < -0.3 is 25.4 Å². The van der Waals surface area contributed by atoms with Gasteiger partial charge in [0.05, 0.1) is 6.61 Å². The molecule has 1 aliphatic carbocycles. The Morgan fingerprint density at radius 3 is 2.47 bits per heavy atom. The molecule has 2 aliphatic rings. The van der Waals surface area contributed by atoms with Crippen LogP contribution in [0.5, 0.6) is 0 Å². The first kappa shape index (κ1) is 10.8. The van der Waals surface area contributed by atoms with E-state index >= 15 is 0 Å². The van der Waals surface area contributed by atoms with E-state index in [0.29, 0.717) is 0 Å². The van der Waals surface area contributed by atoms with Crippen LogP contribution in [0.1, 0.15) is 12.8 Å². The molecule has 4 atom stereocenters. The Kier molecular flexibility index (Phi) is 2.92. The van der Waals surface area contributed by atoms with E-state index in [9.17, 15) is 15.0 Å². The molecule has 6 heteroatoms. The average Bonchev–Trinajstić information content (AvgIpc) is 2.96. The Labute approximate surface area is 86.9 Å². The number of aliphatic hydroxyl groups is 3. The summed E-state index contributed by atoms with van der Waals surface area (Å²) in [5, 5.41) is 30.4. The molecule has 0 aromatic carbocycles. The van der Waals surface area contributed by atoms with Crippen molar-refractivity contribution in [2.45, 2.75) is 43.3 Å². The highest BCUT2D eigenvalue weighted by Crippen LogP contribution is 2.24. The van der Waals surface area contributed by atoms with Gasteiger partial charge in [-0.25, -0.2) is 0 Å². The first-order valence-electron chi connectivity index (χ1n) is 5.06. The first-order chi connectivity index (χ1) is 7.13. The molecule has 1 heterocycles. The summed E-state index contributed by atoms with van der Waals surface area (Å²) in [4.78, 5) is 11.5. The topological polar surface area (TPSA) is 99.0 Å². The van der Waals surface area contributed by atoms with E-state index in [1.807, 2.05) is 0 Å². The van der Waals surface area contributed by atoms with E-state index in [2.05, 4.69) is 5.32 Å². The third kappa shape index (κ3) is 2.12. The molecule has 86 valence electrons. The van der Waals surface area contributed by atoms with Gasteiger partial charge in [-0.2, -0.15) is 0 Å². The molecule has 2 rings (SSSR count). The van der Waals surface area contributed by atoms with Crippen LogP contribution in [0.25, 0.3) is 0 Å². The van der Waals surface area contributed by atoms with Crippen molar-refractivity contribution in [3.63, 3.8) is 0 Å². The SMILES string of the molecule is O=C(NC1CC1)[C@H]1O[C@H](CO)[C@H](O)[C@H]1O. The van der Waals surface area contributed by atoms with Gasteiger partial charge in [-0.15, -0.1) is 0 Å². The summed E-state index contributed by atoms with van der Waals surface area (Å²) in [6, 6.07) is 0.179. The smallest absolute Gasteiger partial charge is 0.252 e. The van der Waals surface area contributed by atoms with Crippen molar-refractivity contribution in [3.8, 4) is 0 Å². The molecule has 0 bridgehead atoms. The molecular formula is C9H15NO5. The maximum Gasteiger partial charge on any atom is 0.252 e. The lowest BCUT2D eigenvalue weighted by atomic mass is 10.1. The van der Waals surface area contributed by atoms with Gasteiger partial charge in [0, 0.05) is 6.04 Å². The zero-order valence-corrected chi connectivity index (χ0v) is 8.17. The number of aliphatic hydroxyl groups excluding tert-OH is 3. The second-order valence-electron chi connectivity index (χ2n) is 4.04. The molecule has 0 aromatic rings. The van der Waals surface area contributed by atoms with Crippen LogP contribution >= 0.6 is 0 Å². The van der Waals surface area contributed by atoms with Crippen molar-refractivity contribution in [3.05, 3.63) is 0 Å². The maximum atomic E-state index is 11.5. The Bertz CT molecular complexity index is 255. The molecule has 2 fully saturated rings. The number of hydrogen-bond donors (Lipinski definition) is 4. The minimum absolute atomic E-state index is 0.179. The van der Waals surface area contributed by atoms with E-state index in [1.165, 1.54) is 0 Å². The van der Waals surface area contributed by atoms with E-state index in [4.69, 9.17) is 9.84 Å². The molecule has 15 heavy (non-hydrogen) atoms. The molecule has 1 amide bonds. The molecule has 0 aromatic heterocycles. The lowest BCUT2D eigenvalue weighted by Crippen LogP contribution is -2.43. The number of amides is 1. The van der Waals surface area contributed by atoms with Crippen LogP contribution in [0.2, 0.25) is 0 Å². The van der Waals surface area contributed by atoms with E-state index < -0.39 is 36.9 Å². The summed E-state index contributed by atoms with van der Waals surface area (Å²) in [5.41, 5.74) is 0. The minimum Gasteiger partial charge on any atom is -0.394 e. The van der Waals surface area contributed by atoms with Crippen LogP contribution in [0.15, 0.2) is 0 Å². The first-order valence-corrected chi connectivity index (χ1v) is 5.06. The number of carbonyl (C=O) groups is 1. The van der Waals surface area contributed by atoms with Crippen LogP contribution in [0.3, 0.4) is 0 Å². The molecule has 6 nitrogen and oxygen atoms in total. The van der Waals surface area contributed by atoms with Crippen LogP contribution in [0.4, 0.5) is 0 Å². The Morgan fingerprint density at radius 2 is 2.00 bits per heavy atom. The summed E-state index contributed by atoms with van der Waals surface area (Å²) < 4.78 is 5.06. The normalized spacial score (nSPS) is 40.5. The number of carbonyl (C=O) groups excluding carboxylic acids is 1. The lowest BCUT2D eigenvalue weighted by molar-refractivity contribution is -0.136. The highest BCUT2D eigenvalue weighted by molar-refractivity contribution is 5.82. The fourth-order valence-corrected chi connectivity index (χ4v) is 1.63. The van der Waals surface area contributed by atoms with Gasteiger partial charge >= 0.3 is 0 Å². The molecular weight excluding hydrogens is 202 g/mol. The van der Waals surface area contributed by atoms with Crippen molar-refractivity contribution in [1.82, 2.24) is 5.32 Å². The summed E-state index contributed by atoms with van der Waals surface area (Å²) in [5.74, 6) is -0.417. The third-order valence-corrected chi connectivity index (χ3v) is 2.72. The standard InChI is InChI=1S/C9H15NO5/c11-3-5-6(12)7(13)8(15-5)9(14)10-4-1-2-4/h4-8,11-13H,1-3H2,(H,10,14)/t5-,6+,7-,8+/m1/s1. The van der Waals surface area contributed by atoms with Gasteiger partial charge in [-0.05, 0) is 12.8 Å². The van der Waals surface area contributed by atoms with Crippen LogP contribution in [0, 0.1) is 0 Å². The van der Waals surface area contributed by atoms with E-state index in [-0.39, 0.29) is 6.04 Å². The Hall–Kier alpha value is -0.690. The number of hydrogen-bond acceptors (Lipinski definition) is 5. The monoisotopic (exact) mass is 217 g/mol. The number of nitrogens with one attached hydrogen (secondary N) is 1. The summed E-state index contributed by atoms with van der Waals surface area (Å²) in [6.07, 6.45) is -2.53. The van der Waals surface area contributed by atoms with Crippen LogP contribution in [-0.4, -0.2) is 58.3 Å². The minimum atomic E-state index is -1.26. The number of rotatable bonds is 3. The highest BCUT2D eigenvalue weighted by atomic mass is 16.6. The van der Waals surface area contributed by atoms with Gasteiger partial charge in [-0.1, -0.05) is 0 Å². The predicted molar refractivity (Wildman–Crippen MR) is 48.9 cm³/mol. The van der Waals surface area contributed by atoms with Crippen LogP contribution in [-0.2, 0) is 9.53 Å². The second-order valence-corrected chi connectivity index (χ2v) is 4.04. The van der Waals surface area contributed by atoms with E-state index in [0.717, 1.165) is 12.8 Å². The predicted octanol–water partition coefficient (Wildman–Crippen LogP) is -2.25. The molecule has 1 aliphatic heterocycles. The highest BCUT2D eigenvalue weighted by Gasteiger charge is 2.46. The third-order valence-electron chi connectivity index (χ3n) is 2.72. The van der Waals surface area contributed by atoms with E-state index in [1.54, 1.807) is 0 Å². The van der Waals surface area contributed by atoms with Gasteiger partial charge in [-0.3, -0.25) is 4.79 Å². The molecule has 4 N–H and O–H groups in total. The van der Waals surface area contributed by atoms with Crippen molar-refractivity contribution >= 4 is 5.91 Å². The Balaban J connectivity index is 1.93. The van der Waals surface area contributed by atoms with Crippen LogP contribution < -0.4 is 5.32 Å². The lowest BCUT2D eigenvalue weighted by Gasteiger charge is -2.13. The maximum absolute atomic E-state index is 11.5. The van der Waals surface area contributed by atoms with Gasteiger partial charge in [0.2, 0.25) is 0 Å². The zero-order valence-electron chi connectivity index (χ0n) is 8.17. The fraction of sp³-hybridized carbons (Fsp3) is 0.889. The largest absolute Gasteiger partial charge is 0.394 e. The quantitative estimate of drug-likeness (QED) is 0.428. The summed E-state index contributed by atoms with van der Waals surface area (Å²) in [6.45, 7) is -0.411.